The van der Waals surface area contributed by atoms with Crippen LogP contribution in [0.2, 0.25) is 0 Å². The molecule has 106 valence electrons. The Kier molecular flexibility index (Phi) is 4.40. The monoisotopic (exact) mass is 278 g/mol. The Morgan fingerprint density at radius 2 is 1.83 bits per heavy atom. The van der Waals surface area contributed by atoms with Crippen LogP contribution >= 0.6 is 0 Å². The van der Waals surface area contributed by atoms with Gasteiger partial charge >= 0.3 is 5.97 Å². The molecule has 0 spiro atoms. The predicted octanol–water partition coefficient (Wildman–Crippen LogP) is 0.456. The van der Waals surface area contributed by atoms with Gasteiger partial charge in [0.25, 0.3) is 0 Å². The molecule has 0 aromatic heterocycles. The van der Waals surface area contributed by atoms with E-state index >= 15 is 0 Å². The molecule has 0 aromatic rings. The maximum Gasteiger partial charge on any atom is 0.330 e. The lowest BCUT2D eigenvalue weighted by Gasteiger charge is -2.37. The van der Waals surface area contributed by atoms with E-state index in [1.165, 1.54) is 10.6 Å². The van der Waals surface area contributed by atoms with Gasteiger partial charge in [-0.1, -0.05) is 0 Å². The van der Waals surface area contributed by atoms with E-state index < -0.39 is 15.4 Å². The van der Waals surface area contributed by atoms with Crippen LogP contribution in [0.3, 0.4) is 0 Å². The van der Waals surface area contributed by atoms with Crippen LogP contribution in [0.4, 0.5) is 0 Å². The van der Waals surface area contributed by atoms with Crippen LogP contribution in [0.15, 0.2) is 0 Å². The molecule has 0 amide bonds. The molecule has 0 N–H and O–H groups in total. The largest absolute Gasteiger partial charge is 0.367 e. The molecule has 1 aliphatic heterocycles. The van der Waals surface area contributed by atoms with Crippen molar-refractivity contribution < 1.29 is 18.0 Å². The molecule has 1 atom stereocenters. The average molecular weight is 278 g/mol. The second-order valence-corrected chi connectivity index (χ2v) is 7.67. The van der Waals surface area contributed by atoms with E-state index in [9.17, 15) is 13.2 Å². The van der Waals surface area contributed by atoms with Gasteiger partial charge in [0, 0.05) is 19.1 Å². The van der Waals surface area contributed by atoms with Crippen LogP contribution in [0, 0.1) is 5.41 Å². The second kappa shape index (κ2) is 5.14. The van der Waals surface area contributed by atoms with Gasteiger partial charge < -0.3 is 4.84 Å². The summed E-state index contributed by atoms with van der Waals surface area (Å²) in [6, 6.07) is -0.193. The number of nitrogens with zero attached hydrogens (tertiary/aromatic N) is 2. The van der Waals surface area contributed by atoms with Gasteiger partial charge in [-0.2, -0.15) is 4.31 Å². The van der Waals surface area contributed by atoms with Gasteiger partial charge in [0.2, 0.25) is 10.0 Å². The molecule has 0 radical (unpaired) electrons. The number of carbonyl (C=O) groups excluding carboxylic acids is 1. The molecule has 18 heavy (non-hydrogen) atoms. The summed E-state index contributed by atoms with van der Waals surface area (Å²) in [4.78, 5) is 17.0. The number of sulfonamides is 1. The van der Waals surface area contributed by atoms with Gasteiger partial charge in [0.1, 0.15) is 0 Å². The molecule has 1 aliphatic rings. The minimum atomic E-state index is -3.19. The van der Waals surface area contributed by atoms with E-state index in [0.717, 1.165) is 0 Å². The number of piperazine rings is 1. The minimum absolute atomic E-state index is 0.193. The first-order valence-corrected chi connectivity index (χ1v) is 7.81. The van der Waals surface area contributed by atoms with Crippen molar-refractivity contribution >= 4 is 16.0 Å². The van der Waals surface area contributed by atoms with E-state index in [-0.39, 0.29) is 12.0 Å². The molecule has 1 rings (SSSR count). The van der Waals surface area contributed by atoms with Crippen molar-refractivity contribution in [3.8, 4) is 0 Å². The molecule has 0 bridgehead atoms. The molecule has 0 aromatic carbocycles. The zero-order valence-corrected chi connectivity index (χ0v) is 12.5. The van der Waals surface area contributed by atoms with Crippen LogP contribution in [-0.4, -0.2) is 55.7 Å². The van der Waals surface area contributed by atoms with E-state index in [1.807, 2.05) is 0 Å². The second-order valence-electron chi connectivity index (χ2n) is 5.74. The predicted molar refractivity (Wildman–Crippen MR) is 68.1 cm³/mol. The molecule has 1 fully saturated rings. The van der Waals surface area contributed by atoms with Crippen molar-refractivity contribution in [2.75, 3.05) is 25.9 Å². The lowest BCUT2D eigenvalue weighted by molar-refractivity contribution is -0.207. The van der Waals surface area contributed by atoms with Gasteiger partial charge in [0.05, 0.1) is 18.2 Å². The fraction of sp³-hybridized carbons (Fsp3) is 0.909. The first kappa shape index (κ1) is 15.4. The summed E-state index contributed by atoms with van der Waals surface area (Å²) >= 11 is 0. The molecule has 0 aliphatic carbocycles. The van der Waals surface area contributed by atoms with Crippen LogP contribution in [-0.2, 0) is 19.7 Å². The van der Waals surface area contributed by atoms with Crippen LogP contribution < -0.4 is 0 Å². The maximum absolute atomic E-state index is 11.7. The lowest BCUT2D eigenvalue weighted by atomic mass is 9.98. The van der Waals surface area contributed by atoms with E-state index in [2.05, 4.69) is 0 Å². The van der Waals surface area contributed by atoms with Crippen molar-refractivity contribution in [1.29, 1.82) is 0 Å². The summed E-state index contributed by atoms with van der Waals surface area (Å²) in [6.45, 7) is 8.30. The van der Waals surface area contributed by atoms with Gasteiger partial charge in [-0.3, -0.25) is 0 Å². The molecular weight excluding hydrogens is 256 g/mol. The first-order valence-electron chi connectivity index (χ1n) is 5.96. The summed E-state index contributed by atoms with van der Waals surface area (Å²) in [5.74, 6) is -0.303. The van der Waals surface area contributed by atoms with Gasteiger partial charge in [-0.05, 0) is 27.7 Å². The normalized spacial score (nSPS) is 23.9. The van der Waals surface area contributed by atoms with Gasteiger partial charge in [-0.25, -0.2) is 13.2 Å². The van der Waals surface area contributed by atoms with Crippen molar-refractivity contribution in [2.45, 2.75) is 33.7 Å². The Hall–Kier alpha value is -0.660. The Balaban J connectivity index is 2.60. The standard InChI is InChI=1S/C11H22N2O4S/c1-9-8-12(17-10(14)11(2,3)4)6-7-13(9)18(5,15)16/h9H,6-8H2,1-5H3/t9-/m1/s1. The zero-order valence-electron chi connectivity index (χ0n) is 11.6. The number of rotatable bonds is 2. The summed E-state index contributed by atoms with van der Waals surface area (Å²) in [6.07, 6.45) is 1.19. The summed E-state index contributed by atoms with van der Waals surface area (Å²) in [5.41, 5.74) is -0.558. The molecule has 1 saturated heterocycles. The maximum atomic E-state index is 11.7. The fourth-order valence-electron chi connectivity index (χ4n) is 1.74. The fourth-order valence-corrected chi connectivity index (χ4v) is 2.87. The summed E-state index contributed by atoms with van der Waals surface area (Å²) in [7, 11) is -3.19. The SMILES string of the molecule is C[C@@H]1CN(OC(=O)C(C)(C)C)CCN1S(C)(=O)=O. The van der Waals surface area contributed by atoms with Crippen molar-refractivity contribution in [1.82, 2.24) is 9.37 Å². The highest BCUT2D eigenvalue weighted by molar-refractivity contribution is 7.88. The molecule has 1 heterocycles. The number of hydrogen-bond acceptors (Lipinski definition) is 5. The Morgan fingerprint density at radius 3 is 2.22 bits per heavy atom. The third-order valence-electron chi connectivity index (χ3n) is 2.78. The Bertz CT molecular complexity index is 413. The van der Waals surface area contributed by atoms with E-state index in [4.69, 9.17) is 4.84 Å². The Labute approximate surface area is 109 Å². The Morgan fingerprint density at radius 1 is 1.28 bits per heavy atom. The smallest absolute Gasteiger partial charge is 0.330 e. The number of hydrogen-bond donors (Lipinski definition) is 0. The van der Waals surface area contributed by atoms with Crippen LogP contribution in [0.1, 0.15) is 27.7 Å². The lowest BCUT2D eigenvalue weighted by Crippen LogP contribution is -2.54. The number of hydroxylamine groups is 2. The third kappa shape index (κ3) is 3.93. The van der Waals surface area contributed by atoms with E-state index in [1.54, 1.807) is 32.8 Å². The van der Waals surface area contributed by atoms with Crippen LogP contribution in [0.25, 0.3) is 0 Å². The number of carbonyl (C=O) groups is 1. The quantitative estimate of drug-likeness (QED) is 0.734. The third-order valence-corrected chi connectivity index (χ3v) is 4.17. The topological polar surface area (TPSA) is 66.9 Å². The molecule has 6 nitrogen and oxygen atoms in total. The van der Waals surface area contributed by atoms with E-state index in [0.29, 0.717) is 19.6 Å². The average Bonchev–Trinajstić information content (AvgIpc) is 2.13. The van der Waals surface area contributed by atoms with Crippen LogP contribution in [0.5, 0.6) is 0 Å². The van der Waals surface area contributed by atoms with Crippen molar-refractivity contribution in [3.05, 3.63) is 0 Å². The first-order chi connectivity index (χ1) is 8.01. The molecule has 0 unspecified atom stereocenters. The van der Waals surface area contributed by atoms with Crippen molar-refractivity contribution in [3.63, 3.8) is 0 Å². The van der Waals surface area contributed by atoms with Crippen molar-refractivity contribution in [2.24, 2.45) is 5.41 Å². The summed E-state index contributed by atoms with van der Waals surface area (Å²) < 4.78 is 24.4. The summed E-state index contributed by atoms with van der Waals surface area (Å²) in [5, 5.41) is 1.54. The highest BCUT2D eigenvalue weighted by atomic mass is 32.2. The zero-order chi connectivity index (χ0) is 14.1. The van der Waals surface area contributed by atoms with Gasteiger partial charge in [0.15, 0.2) is 0 Å². The molecule has 7 heteroatoms. The molecular formula is C11H22N2O4S. The minimum Gasteiger partial charge on any atom is -0.367 e. The molecule has 0 saturated carbocycles. The van der Waals surface area contributed by atoms with Gasteiger partial charge in [-0.15, -0.1) is 5.06 Å². The highest BCUT2D eigenvalue weighted by Gasteiger charge is 2.33. The highest BCUT2D eigenvalue weighted by Crippen LogP contribution is 2.19.